The van der Waals surface area contributed by atoms with Crippen LogP contribution in [0.2, 0.25) is 0 Å². The van der Waals surface area contributed by atoms with E-state index >= 15 is 0 Å². The molecule has 4 rings (SSSR count). The van der Waals surface area contributed by atoms with E-state index in [-0.39, 0.29) is 18.9 Å². The Balaban J connectivity index is 1.63. The van der Waals surface area contributed by atoms with E-state index in [1.165, 1.54) is 11.8 Å². The molecular formula is C24H25N3O4S. The van der Waals surface area contributed by atoms with E-state index in [4.69, 9.17) is 9.15 Å². The molecule has 32 heavy (non-hydrogen) atoms. The molecule has 1 unspecified atom stereocenters. The number of benzene rings is 1. The highest BCUT2D eigenvalue weighted by molar-refractivity contribution is 8.16. The van der Waals surface area contributed by atoms with Crippen molar-refractivity contribution in [1.82, 2.24) is 10.2 Å². The van der Waals surface area contributed by atoms with Gasteiger partial charge in [-0.2, -0.15) is 0 Å². The average Bonchev–Trinajstić information content (AvgIpc) is 3.41. The summed E-state index contributed by atoms with van der Waals surface area (Å²) < 4.78 is 10.7. The maximum absolute atomic E-state index is 12.9. The summed E-state index contributed by atoms with van der Waals surface area (Å²) in [5.41, 5.74) is 3.94. The highest BCUT2D eigenvalue weighted by atomic mass is 32.2. The lowest BCUT2D eigenvalue weighted by Crippen LogP contribution is -2.38. The number of hydrogen-bond acceptors (Lipinski definition) is 7. The van der Waals surface area contributed by atoms with Crippen LogP contribution in [-0.4, -0.2) is 28.6 Å². The lowest BCUT2D eigenvalue weighted by molar-refractivity contribution is -0.139. The third-order valence-electron chi connectivity index (χ3n) is 5.24. The molecule has 1 atom stereocenters. The molecule has 2 aliphatic heterocycles. The van der Waals surface area contributed by atoms with Gasteiger partial charge in [0, 0.05) is 5.70 Å². The average molecular weight is 452 g/mol. The number of nitrogens with zero attached hydrogens (tertiary/aromatic N) is 2. The first-order valence-electron chi connectivity index (χ1n) is 10.4. The van der Waals surface area contributed by atoms with Crippen molar-refractivity contribution in [2.75, 3.05) is 6.61 Å². The molecule has 1 aromatic heterocycles. The summed E-state index contributed by atoms with van der Waals surface area (Å²) in [6.45, 7) is 6.22. The number of hydrogen-bond donors (Lipinski definition) is 1. The van der Waals surface area contributed by atoms with Gasteiger partial charge in [-0.3, -0.25) is 4.79 Å². The molecule has 0 spiro atoms. The van der Waals surface area contributed by atoms with Crippen LogP contribution in [0.5, 0.6) is 0 Å². The molecule has 0 saturated heterocycles. The Hall–Kier alpha value is -3.26. The minimum absolute atomic E-state index is 0.138. The molecule has 0 radical (unpaired) electrons. The van der Waals surface area contributed by atoms with Gasteiger partial charge in [-0.15, -0.1) is 0 Å². The van der Waals surface area contributed by atoms with Gasteiger partial charge in [0.05, 0.1) is 43.1 Å². The van der Waals surface area contributed by atoms with E-state index in [9.17, 15) is 9.59 Å². The molecule has 1 amide bonds. The summed E-state index contributed by atoms with van der Waals surface area (Å²) in [6, 6.07) is 11.2. The number of ether oxygens (including phenoxy) is 1. The van der Waals surface area contributed by atoms with Crippen molar-refractivity contribution in [3.8, 4) is 0 Å². The molecule has 2 aliphatic rings. The highest BCUT2D eigenvalue weighted by Crippen LogP contribution is 2.44. The third kappa shape index (κ3) is 4.50. The topological polar surface area (TPSA) is 84.1 Å². The Morgan fingerprint density at radius 3 is 2.81 bits per heavy atom. The van der Waals surface area contributed by atoms with E-state index in [1.54, 1.807) is 19.3 Å². The van der Waals surface area contributed by atoms with Crippen LogP contribution in [0.1, 0.15) is 43.2 Å². The van der Waals surface area contributed by atoms with Crippen molar-refractivity contribution in [3.63, 3.8) is 0 Å². The van der Waals surface area contributed by atoms with E-state index in [2.05, 4.69) is 16.4 Å². The number of carbonyl (C=O) groups excluding carboxylic acids is 2. The van der Waals surface area contributed by atoms with Crippen LogP contribution in [0.3, 0.4) is 0 Å². The van der Waals surface area contributed by atoms with Crippen LogP contribution in [0.15, 0.2) is 74.4 Å². The third-order valence-corrected chi connectivity index (χ3v) is 6.12. The fourth-order valence-corrected chi connectivity index (χ4v) is 4.79. The first-order chi connectivity index (χ1) is 15.5. The minimum atomic E-state index is -0.416. The highest BCUT2D eigenvalue weighted by Gasteiger charge is 2.41. The van der Waals surface area contributed by atoms with E-state index in [0.717, 1.165) is 22.0 Å². The zero-order chi connectivity index (χ0) is 22.7. The molecule has 0 aliphatic carbocycles. The number of carbonyl (C=O) groups is 2. The van der Waals surface area contributed by atoms with Crippen molar-refractivity contribution in [1.29, 1.82) is 0 Å². The molecule has 1 aromatic carbocycles. The van der Waals surface area contributed by atoms with Gasteiger partial charge >= 0.3 is 5.97 Å². The monoisotopic (exact) mass is 451 g/mol. The summed E-state index contributed by atoms with van der Waals surface area (Å²) >= 11 is 1.45. The van der Waals surface area contributed by atoms with Crippen LogP contribution in [0.4, 0.5) is 0 Å². The molecule has 0 fully saturated rings. The molecule has 0 saturated carbocycles. The van der Waals surface area contributed by atoms with E-state index < -0.39 is 12.0 Å². The number of amides is 1. The molecule has 2 aromatic rings. The predicted octanol–water partition coefficient (Wildman–Crippen LogP) is 4.43. The number of aliphatic imine (C=N–C) groups is 1. The Bertz CT molecular complexity index is 1120. The summed E-state index contributed by atoms with van der Waals surface area (Å²) in [6.07, 6.45) is 1.73. The zero-order valence-electron chi connectivity index (χ0n) is 18.3. The van der Waals surface area contributed by atoms with Crippen molar-refractivity contribution in [3.05, 3.63) is 81.9 Å². The van der Waals surface area contributed by atoms with Crippen LogP contribution in [0, 0.1) is 6.92 Å². The van der Waals surface area contributed by atoms with Gasteiger partial charge < -0.3 is 19.4 Å². The SMILES string of the molecule is CCOC(=O)C1=C(C)N=C2SC=C(CC(=O)NCc3ccco3)N2C1c1cccc(C)c1. The number of nitrogens with one attached hydrogen (secondary N) is 1. The first-order valence-corrected chi connectivity index (χ1v) is 11.3. The van der Waals surface area contributed by atoms with Crippen molar-refractivity contribution < 1.29 is 18.7 Å². The Labute approximate surface area is 191 Å². The van der Waals surface area contributed by atoms with Crippen LogP contribution in [-0.2, 0) is 20.9 Å². The minimum Gasteiger partial charge on any atom is -0.467 e. The predicted molar refractivity (Wildman–Crippen MR) is 123 cm³/mol. The summed E-state index contributed by atoms with van der Waals surface area (Å²) in [5.74, 6) is 0.161. The second-order valence-electron chi connectivity index (χ2n) is 7.56. The van der Waals surface area contributed by atoms with Gasteiger partial charge in [-0.25, -0.2) is 9.79 Å². The van der Waals surface area contributed by atoms with Crippen molar-refractivity contribution >= 4 is 28.8 Å². The normalized spacial score (nSPS) is 17.6. The van der Waals surface area contributed by atoms with E-state index in [1.807, 2.05) is 48.4 Å². The lowest BCUT2D eigenvalue weighted by Gasteiger charge is -2.36. The number of rotatable bonds is 7. The van der Waals surface area contributed by atoms with Crippen molar-refractivity contribution in [2.45, 2.75) is 39.8 Å². The number of fused-ring (bicyclic) bond motifs is 1. The second-order valence-corrected chi connectivity index (χ2v) is 8.40. The number of thioether (sulfide) groups is 1. The van der Waals surface area contributed by atoms with Gasteiger partial charge in [0.15, 0.2) is 5.17 Å². The van der Waals surface area contributed by atoms with Gasteiger partial charge in [0.2, 0.25) is 5.91 Å². The number of furan rings is 1. The van der Waals surface area contributed by atoms with Gasteiger partial charge in [-0.1, -0.05) is 41.6 Å². The number of esters is 1. The molecule has 0 bridgehead atoms. The number of aryl methyl sites for hydroxylation is 1. The summed E-state index contributed by atoms with van der Waals surface area (Å²) in [4.78, 5) is 32.2. The fourth-order valence-electron chi connectivity index (χ4n) is 3.82. The summed E-state index contributed by atoms with van der Waals surface area (Å²) in [5, 5.41) is 5.55. The lowest BCUT2D eigenvalue weighted by atomic mass is 9.93. The fraction of sp³-hybridized carbons (Fsp3) is 0.292. The maximum Gasteiger partial charge on any atom is 0.338 e. The van der Waals surface area contributed by atoms with Crippen LogP contribution in [0.25, 0.3) is 0 Å². The maximum atomic E-state index is 12.9. The first kappa shape index (κ1) is 22.0. The smallest absolute Gasteiger partial charge is 0.338 e. The molecule has 8 heteroatoms. The Kier molecular flexibility index (Phi) is 6.50. The molecule has 166 valence electrons. The largest absolute Gasteiger partial charge is 0.467 e. The molecule has 7 nitrogen and oxygen atoms in total. The van der Waals surface area contributed by atoms with Gasteiger partial charge in [0.25, 0.3) is 0 Å². The van der Waals surface area contributed by atoms with Gasteiger partial charge in [0.1, 0.15) is 5.76 Å². The van der Waals surface area contributed by atoms with E-state index in [0.29, 0.717) is 23.6 Å². The van der Waals surface area contributed by atoms with Crippen LogP contribution < -0.4 is 5.32 Å². The molecular weight excluding hydrogens is 426 g/mol. The number of amidine groups is 1. The molecule has 3 heterocycles. The van der Waals surface area contributed by atoms with Crippen molar-refractivity contribution in [2.24, 2.45) is 4.99 Å². The Morgan fingerprint density at radius 2 is 2.09 bits per heavy atom. The standard InChI is InChI=1S/C24H25N3O4S/c1-4-30-23(29)21-16(3)26-24-27(22(21)17-8-5-7-15(2)11-17)18(14-32-24)12-20(28)25-13-19-9-6-10-31-19/h5-11,14,22H,4,12-13H2,1-3H3,(H,25,28). The number of allylic oxidation sites excluding steroid dienone is 1. The molecule has 1 N–H and O–H groups in total. The zero-order valence-corrected chi connectivity index (χ0v) is 19.1. The second kappa shape index (κ2) is 9.48. The Morgan fingerprint density at radius 1 is 1.25 bits per heavy atom. The van der Waals surface area contributed by atoms with Gasteiger partial charge in [-0.05, 0) is 43.9 Å². The van der Waals surface area contributed by atoms with Crippen LogP contribution >= 0.6 is 11.8 Å². The summed E-state index contributed by atoms with van der Waals surface area (Å²) in [7, 11) is 0. The quantitative estimate of drug-likeness (QED) is 0.627.